The molecular weight excluding hydrogens is 242 g/mol. The van der Waals surface area contributed by atoms with Crippen molar-refractivity contribution >= 4 is 17.0 Å². The molecule has 4 nitrogen and oxygen atoms in total. The van der Waals surface area contributed by atoms with Crippen LogP contribution in [0.15, 0.2) is 12.1 Å². The lowest BCUT2D eigenvalue weighted by molar-refractivity contribution is -0.145. The highest BCUT2D eigenvalue weighted by Gasteiger charge is 2.32. The molecular formula is C12H12F2N2O2. The predicted molar refractivity (Wildman–Crippen MR) is 61.3 cm³/mol. The van der Waals surface area contributed by atoms with Crippen LogP contribution in [0.3, 0.4) is 0 Å². The van der Waals surface area contributed by atoms with Gasteiger partial charge in [-0.3, -0.25) is 0 Å². The predicted octanol–water partition coefficient (Wildman–Crippen LogP) is 2.44. The fourth-order valence-electron chi connectivity index (χ4n) is 1.99. The van der Waals surface area contributed by atoms with Crippen LogP contribution in [0.4, 0.5) is 8.78 Å². The van der Waals surface area contributed by atoms with Crippen molar-refractivity contribution < 1.29 is 18.7 Å². The minimum absolute atomic E-state index is 0.237. The van der Waals surface area contributed by atoms with Gasteiger partial charge in [-0.1, -0.05) is 0 Å². The first-order valence-electron chi connectivity index (χ1n) is 5.33. The first-order chi connectivity index (χ1) is 8.25. The smallest absolute Gasteiger partial charge is 0.329 e. The van der Waals surface area contributed by atoms with Gasteiger partial charge in [0.2, 0.25) is 0 Å². The van der Waals surface area contributed by atoms with Crippen LogP contribution < -0.4 is 0 Å². The number of hydrogen-bond acceptors (Lipinski definition) is 2. The Kier molecular flexibility index (Phi) is 2.61. The van der Waals surface area contributed by atoms with E-state index in [4.69, 9.17) is 0 Å². The monoisotopic (exact) mass is 254 g/mol. The van der Waals surface area contributed by atoms with Crippen molar-refractivity contribution in [1.29, 1.82) is 0 Å². The van der Waals surface area contributed by atoms with Crippen molar-refractivity contribution in [1.82, 2.24) is 9.55 Å². The number of carboxylic acids is 1. The van der Waals surface area contributed by atoms with E-state index in [9.17, 15) is 18.7 Å². The van der Waals surface area contributed by atoms with E-state index in [1.54, 1.807) is 6.92 Å². The molecule has 0 aliphatic carbocycles. The molecule has 18 heavy (non-hydrogen) atoms. The number of carbonyl (C=O) groups is 1. The van der Waals surface area contributed by atoms with Crippen LogP contribution in [0.5, 0.6) is 0 Å². The van der Waals surface area contributed by atoms with Crippen LogP contribution in [0.2, 0.25) is 0 Å². The molecule has 0 saturated heterocycles. The van der Waals surface area contributed by atoms with E-state index in [1.165, 1.54) is 18.4 Å². The Balaban J connectivity index is 2.83. The van der Waals surface area contributed by atoms with Crippen molar-refractivity contribution in [2.75, 3.05) is 0 Å². The fraction of sp³-hybridized carbons (Fsp3) is 0.333. The molecule has 0 amide bonds. The molecule has 0 atom stereocenters. The SMILES string of the molecule is Cc1nc2cc(F)c(F)cc2n1C(C)(C)C(=O)O. The summed E-state index contributed by atoms with van der Waals surface area (Å²) in [6.07, 6.45) is 0. The Morgan fingerprint density at radius 1 is 1.33 bits per heavy atom. The second-order valence-electron chi connectivity index (χ2n) is 4.61. The number of benzene rings is 1. The van der Waals surface area contributed by atoms with Gasteiger partial charge in [-0.15, -0.1) is 0 Å². The number of halogens is 2. The van der Waals surface area contributed by atoms with Crippen LogP contribution in [0.25, 0.3) is 11.0 Å². The number of aliphatic carboxylic acids is 1. The maximum atomic E-state index is 13.3. The quantitative estimate of drug-likeness (QED) is 0.895. The minimum Gasteiger partial charge on any atom is -0.480 e. The van der Waals surface area contributed by atoms with Crippen LogP contribution in [0, 0.1) is 18.6 Å². The summed E-state index contributed by atoms with van der Waals surface area (Å²) in [5.41, 5.74) is -0.789. The highest BCUT2D eigenvalue weighted by Crippen LogP contribution is 2.27. The second-order valence-corrected chi connectivity index (χ2v) is 4.61. The summed E-state index contributed by atoms with van der Waals surface area (Å²) in [6.45, 7) is 4.55. The van der Waals surface area contributed by atoms with Gasteiger partial charge in [-0.25, -0.2) is 18.6 Å². The van der Waals surface area contributed by atoms with E-state index in [0.717, 1.165) is 12.1 Å². The molecule has 1 aromatic heterocycles. The number of nitrogens with zero attached hydrogens (tertiary/aromatic N) is 2. The van der Waals surface area contributed by atoms with Crippen molar-refractivity contribution in [2.45, 2.75) is 26.3 Å². The van der Waals surface area contributed by atoms with E-state index in [2.05, 4.69) is 4.98 Å². The van der Waals surface area contributed by atoms with Gasteiger partial charge in [-0.2, -0.15) is 0 Å². The number of fused-ring (bicyclic) bond motifs is 1. The molecule has 0 radical (unpaired) electrons. The Bertz CT molecular complexity index is 647. The van der Waals surface area contributed by atoms with Crippen molar-refractivity contribution in [2.24, 2.45) is 0 Å². The summed E-state index contributed by atoms with van der Waals surface area (Å²) < 4.78 is 27.7. The second kappa shape index (κ2) is 3.76. The Morgan fingerprint density at radius 2 is 1.89 bits per heavy atom. The fourth-order valence-corrected chi connectivity index (χ4v) is 1.99. The summed E-state index contributed by atoms with van der Waals surface area (Å²) in [5.74, 6) is -2.71. The molecule has 2 aromatic rings. The van der Waals surface area contributed by atoms with Gasteiger partial charge in [0, 0.05) is 12.1 Å². The van der Waals surface area contributed by atoms with E-state index in [0.29, 0.717) is 5.82 Å². The summed E-state index contributed by atoms with van der Waals surface area (Å²) in [4.78, 5) is 15.3. The largest absolute Gasteiger partial charge is 0.480 e. The lowest BCUT2D eigenvalue weighted by Crippen LogP contribution is -2.36. The molecule has 0 aliphatic rings. The molecule has 0 saturated carbocycles. The Labute approximate surface area is 102 Å². The van der Waals surface area contributed by atoms with E-state index >= 15 is 0 Å². The maximum Gasteiger partial charge on any atom is 0.329 e. The average molecular weight is 254 g/mol. The molecule has 1 heterocycles. The zero-order valence-electron chi connectivity index (χ0n) is 10.2. The van der Waals surface area contributed by atoms with E-state index in [1.807, 2.05) is 0 Å². The van der Waals surface area contributed by atoms with Crippen LogP contribution in [0.1, 0.15) is 19.7 Å². The standard InChI is InChI=1S/C12H12F2N2O2/c1-6-15-9-4-7(13)8(14)5-10(9)16(6)12(2,3)11(17)18/h4-5H,1-3H3,(H,17,18). The highest BCUT2D eigenvalue weighted by molar-refractivity contribution is 5.82. The van der Waals surface area contributed by atoms with Gasteiger partial charge in [0.1, 0.15) is 11.4 Å². The third-order valence-corrected chi connectivity index (χ3v) is 2.95. The van der Waals surface area contributed by atoms with E-state index < -0.39 is 23.1 Å². The number of imidazole rings is 1. The number of aromatic nitrogens is 2. The zero-order valence-corrected chi connectivity index (χ0v) is 10.2. The molecule has 1 aromatic carbocycles. The van der Waals surface area contributed by atoms with Crippen molar-refractivity contribution in [3.63, 3.8) is 0 Å². The van der Waals surface area contributed by atoms with Gasteiger partial charge >= 0.3 is 5.97 Å². The molecule has 96 valence electrons. The summed E-state index contributed by atoms with van der Waals surface area (Å²) in [7, 11) is 0. The van der Waals surface area contributed by atoms with Crippen molar-refractivity contribution in [3.8, 4) is 0 Å². The van der Waals surface area contributed by atoms with Gasteiger partial charge in [-0.05, 0) is 20.8 Å². The summed E-state index contributed by atoms with van der Waals surface area (Å²) in [5, 5.41) is 9.20. The Morgan fingerprint density at radius 3 is 2.44 bits per heavy atom. The van der Waals surface area contributed by atoms with Crippen LogP contribution >= 0.6 is 0 Å². The molecule has 0 fully saturated rings. The Hall–Kier alpha value is -1.98. The molecule has 0 spiro atoms. The molecule has 0 aliphatic heterocycles. The van der Waals surface area contributed by atoms with Crippen LogP contribution in [-0.2, 0) is 10.3 Å². The summed E-state index contributed by atoms with van der Waals surface area (Å²) in [6, 6.07) is 1.93. The normalized spacial score (nSPS) is 12.1. The third-order valence-electron chi connectivity index (χ3n) is 2.95. The molecule has 1 N–H and O–H groups in total. The number of rotatable bonds is 2. The first kappa shape index (κ1) is 12.5. The van der Waals surface area contributed by atoms with Gasteiger partial charge in [0.05, 0.1) is 11.0 Å². The van der Waals surface area contributed by atoms with Gasteiger partial charge in [0.25, 0.3) is 0 Å². The topological polar surface area (TPSA) is 55.1 Å². The average Bonchev–Trinajstić information content (AvgIpc) is 2.54. The summed E-state index contributed by atoms with van der Waals surface area (Å²) >= 11 is 0. The zero-order chi connectivity index (χ0) is 13.7. The first-order valence-corrected chi connectivity index (χ1v) is 5.33. The molecule has 6 heteroatoms. The maximum absolute atomic E-state index is 13.3. The highest BCUT2D eigenvalue weighted by atomic mass is 19.2. The molecule has 0 bridgehead atoms. The lowest BCUT2D eigenvalue weighted by atomic mass is 10.1. The third kappa shape index (κ3) is 1.64. The number of carboxylic acid groups (broad SMARTS) is 1. The number of hydrogen-bond donors (Lipinski definition) is 1. The minimum atomic E-state index is -1.29. The van der Waals surface area contributed by atoms with Gasteiger partial charge in [0.15, 0.2) is 11.6 Å². The molecule has 2 rings (SSSR count). The van der Waals surface area contributed by atoms with Crippen LogP contribution in [-0.4, -0.2) is 20.6 Å². The number of aryl methyl sites for hydroxylation is 1. The lowest BCUT2D eigenvalue weighted by Gasteiger charge is -2.23. The molecule has 0 unspecified atom stereocenters. The van der Waals surface area contributed by atoms with Crippen molar-refractivity contribution in [3.05, 3.63) is 29.6 Å². The van der Waals surface area contributed by atoms with E-state index in [-0.39, 0.29) is 11.0 Å². The van der Waals surface area contributed by atoms with Gasteiger partial charge < -0.3 is 9.67 Å².